The van der Waals surface area contributed by atoms with Gasteiger partial charge >= 0.3 is 0 Å². The predicted molar refractivity (Wildman–Crippen MR) is 113 cm³/mol. The van der Waals surface area contributed by atoms with E-state index in [4.69, 9.17) is 0 Å². The van der Waals surface area contributed by atoms with E-state index in [-0.39, 0.29) is 5.91 Å². The summed E-state index contributed by atoms with van der Waals surface area (Å²) in [5.74, 6) is 0.360. The molecule has 3 aromatic rings. The van der Waals surface area contributed by atoms with Crippen molar-refractivity contribution in [3.8, 4) is 5.69 Å². The van der Waals surface area contributed by atoms with Gasteiger partial charge in [0.2, 0.25) is 5.91 Å². The van der Waals surface area contributed by atoms with Crippen LogP contribution >= 0.6 is 11.8 Å². The zero-order valence-electron chi connectivity index (χ0n) is 16.5. The first-order chi connectivity index (χ1) is 12.9. The molecule has 0 saturated carbocycles. The number of rotatable bonds is 5. The second kappa shape index (κ2) is 8.01. The summed E-state index contributed by atoms with van der Waals surface area (Å²) in [6, 6.07) is 14.3. The topological polar surface area (TPSA) is 46.9 Å². The van der Waals surface area contributed by atoms with Crippen molar-refractivity contribution in [3.05, 3.63) is 70.5 Å². The lowest BCUT2D eigenvalue weighted by atomic mass is 10.1. The van der Waals surface area contributed by atoms with Gasteiger partial charge in [-0.05, 0) is 57.9 Å². The average molecular weight is 380 g/mol. The van der Waals surface area contributed by atoms with Crippen LogP contribution in [0.4, 0.5) is 5.69 Å². The Balaban J connectivity index is 1.73. The minimum atomic E-state index is -0.0156. The molecule has 0 aliphatic rings. The van der Waals surface area contributed by atoms with Gasteiger partial charge < -0.3 is 5.32 Å². The minimum Gasteiger partial charge on any atom is -0.322 e. The molecule has 0 atom stereocenters. The molecule has 1 amide bonds. The third-order valence-corrected chi connectivity index (χ3v) is 5.85. The number of para-hydroxylation sites is 1. The Bertz CT molecular complexity index is 954. The SMILES string of the molecule is Cc1cc(C)c(SCC(=O)Nc2c(C)nn(-c3ccccc3)c2C)c(C)c1. The smallest absolute Gasteiger partial charge is 0.234 e. The van der Waals surface area contributed by atoms with Crippen molar-refractivity contribution in [2.45, 2.75) is 39.5 Å². The van der Waals surface area contributed by atoms with Crippen LogP contribution in [0.15, 0.2) is 47.4 Å². The van der Waals surface area contributed by atoms with Gasteiger partial charge in [-0.1, -0.05) is 35.9 Å². The number of nitrogens with one attached hydrogen (secondary N) is 1. The quantitative estimate of drug-likeness (QED) is 0.624. The van der Waals surface area contributed by atoms with Gasteiger partial charge in [-0.3, -0.25) is 4.79 Å². The van der Waals surface area contributed by atoms with E-state index >= 15 is 0 Å². The van der Waals surface area contributed by atoms with Crippen molar-refractivity contribution < 1.29 is 4.79 Å². The molecule has 0 spiro atoms. The number of thioether (sulfide) groups is 1. The van der Waals surface area contributed by atoms with Gasteiger partial charge in [-0.15, -0.1) is 11.8 Å². The highest BCUT2D eigenvalue weighted by molar-refractivity contribution is 8.00. The Labute approximate surface area is 165 Å². The third kappa shape index (κ3) is 4.25. The standard InChI is InChI=1S/C22H25N3OS/c1-14-11-15(2)22(16(3)12-14)27-13-20(26)23-21-17(4)24-25(18(21)5)19-9-7-6-8-10-19/h6-12H,13H2,1-5H3,(H,23,26). The van der Waals surface area contributed by atoms with E-state index in [9.17, 15) is 4.79 Å². The summed E-state index contributed by atoms with van der Waals surface area (Å²) in [4.78, 5) is 13.7. The molecular weight excluding hydrogens is 354 g/mol. The van der Waals surface area contributed by atoms with Gasteiger partial charge in [0.15, 0.2) is 0 Å². The number of hydrogen-bond acceptors (Lipinski definition) is 3. The molecule has 0 unspecified atom stereocenters. The van der Waals surface area contributed by atoms with Gasteiger partial charge in [0.25, 0.3) is 0 Å². The zero-order valence-corrected chi connectivity index (χ0v) is 17.3. The number of amides is 1. The summed E-state index contributed by atoms with van der Waals surface area (Å²) in [5, 5.41) is 7.63. The van der Waals surface area contributed by atoms with E-state index in [0.29, 0.717) is 5.75 Å². The predicted octanol–water partition coefficient (Wildman–Crippen LogP) is 5.15. The Morgan fingerprint density at radius 3 is 2.30 bits per heavy atom. The van der Waals surface area contributed by atoms with E-state index in [1.54, 1.807) is 11.8 Å². The van der Waals surface area contributed by atoms with Crippen LogP contribution in [0.25, 0.3) is 5.69 Å². The number of aryl methyl sites for hydroxylation is 4. The summed E-state index contributed by atoms with van der Waals surface area (Å²) >= 11 is 1.59. The Morgan fingerprint density at radius 1 is 1.04 bits per heavy atom. The van der Waals surface area contributed by atoms with Gasteiger partial charge in [-0.2, -0.15) is 5.10 Å². The summed E-state index contributed by atoms with van der Waals surface area (Å²) in [5.41, 5.74) is 7.21. The molecule has 0 saturated heterocycles. The molecule has 27 heavy (non-hydrogen) atoms. The second-order valence-electron chi connectivity index (χ2n) is 6.86. The average Bonchev–Trinajstić information content (AvgIpc) is 2.90. The number of carbonyl (C=O) groups is 1. The van der Waals surface area contributed by atoms with E-state index in [2.05, 4.69) is 43.3 Å². The molecule has 3 rings (SSSR count). The molecule has 1 aromatic heterocycles. The molecule has 0 aliphatic carbocycles. The number of carbonyl (C=O) groups excluding carboxylic acids is 1. The van der Waals surface area contributed by atoms with Crippen LogP contribution < -0.4 is 5.32 Å². The van der Waals surface area contributed by atoms with Gasteiger partial charge in [0.05, 0.1) is 28.5 Å². The Hall–Kier alpha value is -2.53. The monoisotopic (exact) mass is 379 g/mol. The van der Waals surface area contributed by atoms with Crippen LogP contribution in [0.5, 0.6) is 0 Å². The number of nitrogens with zero attached hydrogens (tertiary/aromatic N) is 2. The number of aromatic nitrogens is 2. The van der Waals surface area contributed by atoms with Gasteiger partial charge in [0, 0.05) is 4.90 Å². The first-order valence-electron chi connectivity index (χ1n) is 8.99. The first kappa shape index (κ1) is 19.2. The molecule has 0 bridgehead atoms. The van der Waals surface area contributed by atoms with E-state index < -0.39 is 0 Å². The third-order valence-electron chi connectivity index (χ3n) is 4.51. The highest BCUT2D eigenvalue weighted by Gasteiger charge is 2.16. The van der Waals surface area contributed by atoms with Gasteiger partial charge in [-0.25, -0.2) is 4.68 Å². The first-order valence-corrected chi connectivity index (χ1v) is 9.97. The second-order valence-corrected chi connectivity index (χ2v) is 7.84. The maximum absolute atomic E-state index is 12.6. The summed E-state index contributed by atoms with van der Waals surface area (Å²) in [6.45, 7) is 10.2. The lowest BCUT2D eigenvalue weighted by Crippen LogP contribution is -2.15. The number of hydrogen-bond donors (Lipinski definition) is 1. The lowest BCUT2D eigenvalue weighted by molar-refractivity contribution is -0.113. The molecule has 140 valence electrons. The van der Waals surface area contributed by atoms with Crippen molar-refractivity contribution in [2.75, 3.05) is 11.1 Å². The molecule has 0 fully saturated rings. The maximum atomic E-state index is 12.6. The fourth-order valence-electron chi connectivity index (χ4n) is 3.35. The molecule has 0 aliphatic heterocycles. The van der Waals surface area contributed by atoms with Gasteiger partial charge in [0.1, 0.15) is 0 Å². The molecule has 1 N–H and O–H groups in total. The van der Waals surface area contributed by atoms with Crippen LogP contribution in [-0.2, 0) is 4.79 Å². The molecule has 5 heteroatoms. The number of anilines is 1. The van der Waals surface area contributed by atoms with Crippen molar-refractivity contribution in [1.29, 1.82) is 0 Å². The normalized spacial score (nSPS) is 10.9. The summed E-state index contributed by atoms with van der Waals surface area (Å²) in [6.07, 6.45) is 0. The maximum Gasteiger partial charge on any atom is 0.234 e. The molecular formula is C22H25N3OS. The van der Waals surface area contributed by atoms with Crippen molar-refractivity contribution in [3.63, 3.8) is 0 Å². The highest BCUT2D eigenvalue weighted by Crippen LogP contribution is 2.28. The van der Waals surface area contributed by atoms with Crippen LogP contribution in [0.1, 0.15) is 28.1 Å². The Kier molecular flexibility index (Phi) is 5.71. The highest BCUT2D eigenvalue weighted by atomic mass is 32.2. The molecule has 2 aromatic carbocycles. The zero-order chi connectivity index (χ0) is 19.6. The number of benzene rings is 2. The van der Waals surface area contributed by atoms with E-state index in [1.165, 1.54) is 21.6 Å². The van der Waals surface area contributed by atoms with Crippen LogP contribution in [0, 0.1) is 34.6 Å². The molecule has 0 radical (unpaired) electrons. The minimum absolute atomic E-state index is 0.0156. The summed E-state index contributed by atoms with van der Waals surface area (Å²) < 4.78 is 1.87. The fourth-order valence-corrected chi connectivity index (χ4v) is 4.27. The van der Waals surface area contributed by atoms with E-state index in [1.807, 2.05) is 48.9 Å². The molecule has 4 nitrogen and oxygen atoms in total. The van der Waals surface area contributed by atoms with E-state index in [0.717, 1.165) is 22.8 Å². The summed E-state index contributed by atoms with van der Waals surface area (Å²) in [7, 11) is 0. The van der Waals surface area contributed by atoms with Crippen molar-refractivity contribution >= 4 is 23.4 Å². The van der Waals surface area contributed by atoms with Crippen LogP contribution in [0.2, 0.25) is 0 Å². The lowest BCUT2D eigenvalue weighted by Gasteiger charge is -2.11. The largest absolute Gasteiger partial charge is 0.322 e. The van der Waals surface area contributed by atoms with Crippen LogP contribution in [0.3, 0.4) is 0 Å². The van der Waals surface area contributed by atoms with Crippen LogP contribution in [-0.4, -0.2) is 21.4 Å². The van der Waals surface area contributed by atoms with Crippen molar-refractivity contribution in [2.24, 2.45) is 0 Å². The fraction of sp³-hybridized carbons (Fsp3) is 0.273. The molecule has 1 heterocycles. The Morgan fingerprint density at radius 2 is 1.67 bits per heavy atom. The van der Waals surface area contributed by atoms with Crippen molar-refractivity contribution in [1.82, 2.24) is 9.78 Å².